The van der Waals surface area contributed by atoms with Gasteiger partial charge in [-0.2, -0.15) is 0 Å². The van der Waals surface area contributed by atoms with Crippen LogP contribution < -0.4 is 11.5 Å². The van der Waals surface area contributed by atoms with Gasteiger partial charge >= 0.3 is 0 Å². The molecule has 0 aliphatic heterocycles. The van der Waals surface area contributed by atoms with E-state index in [0.717, 1.165) is 0 Å². The second kappa shape index (κ2) is 4.32. The number of nitrogens with two attached hydrogens (primary N) is 2. The first-order chi connectivity index (χ1) is 7.45. The molecule has 0 spiro atoms. The van der Waals surface area contributed by atoms with E-state index >= 15 is 0 Å². The summed E-state index contributed by atoms with van der Waals surface area (Å²) in [5.74, 6) is -0.711. The lowest BCUT2D eigenvalue weighted by Crippen LogP contribution is -2.53. The van der Waals surface area contributed by atoms with Crippen LogP contribution in [0.4, 0.5) is 5.69 Å². The Balaban J connectivity index is 3.36. The summed E-state index contributed by atoms with van der Waals surface area (Å²) in [4.78, 5) is 24.2. The first-order valence-corrected chi connectivity index (χ1v) is 4.75. The highest BCUT2D eigenvalue weighted by Gasteiger charge is 2.40. The van der Waals surface area contributed by atoms with Crippen LogP contribution in [0.3, 0.4) is 0 Å². The van der Waals surface area contributed by atoms with Crippen molar-refractivity contribution in [1.29, 1.82) is 0 Å². The molecular formula is C11H15N3O2. The van der Waals surface area contributed by atoms with Crippen LogP contribution in [0.1, 0.15) is 5.56 Å². The van der Waals surface area contributed by atoms with E-state index in [-0.39, 0.29) is 0 Å². The molecule has 1 aromatic carbocycles. The summed E-state index contributed by atoms with van der Waals surface area (Å²) >= 11 is 0. The highest BCUT2D eigenvalue weighted by molar-refractivity contribution is 6.01. The number of likely N-dealkylation sites (N-methyl/N-ethyl adjacent to an activating group) is 1. The maximum absolute atomic E-state index is 11.5. The van der Waals surface area contributed by atoms with E-state index in [2.05, 4.69) is 0 Å². The molecule has 0 aliphatic carbocycles. The Hall–Kier alpha value is -1.88. The van der Waals surface area contributed by atoms with Gasteiger partial charge in [-0.3, -0.25) is 9.69 Å². The maximum atomic E-state index is 11.5. The Labute approximate surface area is 94.0 Å². The van der Waals surface area contributed by atoms with E-state index in [1.165, 1.54) is 4.90 Å². The van der Waals surface area contributed by atoms with Crippen molar-refractivity contribution >= 4 is 17.9 Å². The number of hydrogen-bond donors (Lipinski definition) is 2. The van der Waals surface area contributed by atoms with Gasteiger partial charge in [-0.25, -0.2) is 0 Å². The van der Waals surface area contributed by atoms with Gasteiger partial charge in [0, 0.05) is 5.69 Å². The van der Waals surface area contributed by atoms with E-state index in [1.54, 1.807) is 38.4 Å². The van der Waals surface area contributed by atoms with Gasteiger partial charge in [0.05, 0.1) is 0 Å². The zero-order chi connectivity index (χ0) is 12.3. The fourth-order valence-electron chi connectivity index (χ4n) is 1.59. The van der Waals surface area contributed by atoms with Gasteiger partial charge in [-0.1, -0.05) is 12.1 Å². The van der Waals surface area contributed by atoms with E-state index in [9.17, 15) is 9.59 Å². The standard InChI is InChI=1S/C11H15N3O2/c1-14(2)11(7-15,10(13)16)8-3-5-9(12)6-4-8/h3-7H,12H2,1-2H3,(H2,13,16)/t11-/m1/s1. The summed E-state index contributed by atoms with van der Waals surface area (Å²) in [6.45, 7) is 0. The first-order valence-electron chi connectivity index (χ1n) is 4.75. The molecule has 1 amide bonds. The van der Waals surface area contributed by atoms with Gasteiger partial charge < -0.3 is 16.3 Å². The number of primary amides is 1. The van der Waals surface area contributed by atoms with Gasteiger partial charge in [0.2, 0.25) is 5.91 Å². The molecule has 0 fully saturated rings. The normalized spacial score (nSPS) is 14.4. The molecule has 0 aliphatic rings. The van der Waals surface area contributed by atoms with E-state index in [0.29, 0.717) is 17.5 Å². The maximum Gasteiger partial charge on any atom is 0.250 e. The Kier molecular flexibility index (Phi) is 3.29. The highest BCUT2D eigenvalue weighted by atomic mass is 16.2. The van der Waals surface area contributed by atoms with E-state index in [4.69, 9.17) is 11.5 Å². The van der Waals surface area contributed by atoms with Crippen molar-refractivity contribution in [3.8, 4) is 0 Å². The second-order valence-corrected chi connectivity index (χ2v) is 3.76. The van der Waals surface area contributed by atoms with Gasteiger partial charge in [0.1, 0.15) is 0 Å². The minimum Gasteiger partial charge on any atom is -0.399 e. The predicted molar refractivity (Wildman–Crippen MR) is 61.5 cm³/mol. The third-order valence-corrected chi connectivity index (χ3v) is 2.60. The Morgan fingerprint density at radius 2 is 1.81 bits per heavy atom. The molecule has 5 heteroatoms. The number of anilines is 1. The molecule has 1 atom stereocenters. The number of hydrogen-bond acceptors (Lipinski definition) is 4. The van der Waals surface area contributed by atoms with Crippen LogP contribution in [-0.4, -0.2) is 31.2 Å². The quantitative estimate of drug-likeness (QED) is 0.415. The molecule has 0 saturated carbocycles. The molecule has 0 saturated heterocycles. The smallest absolute Gasteiger partial charge is 0.250 e. The number of aldehydes is 1. The van der Waals surface area contributed by atoms with Gasteiger partial charge in [0.15, 0.2) is 11.8 Å². The number of carbonyl (C=O) groups excluding carboxylic acids is 2. The van der Waals surface area contributed by atoms with Gasteiger partial charge in [-0.15, -0.1) is 0 Å². The molecule has 0 radical (unpaired) electrons. The summed E-state index contributed by atoms with van der Waals surface area (Å²) in [5.41, 5.74) is 10.5. The number of rotatable bonds is 4. The summed E-state index contributed by atoms with van der Waals surface area (Å²) < 4.78 is 0. The molecule has 0 heterocycles. The van der Waals surface area contributed by atoms with Crippen LogP contribution in [0, 0.1) is 0 Å². The molecule has 1 aromatic rings. The molecule has 5 nitrogen and oxygen atoms in total. The zero-order valence-electron chi connectivity index (χ0n) is 9.31. The van der Waals surface area contributed by atoms with Crippen LogP contribution in [-0.2, 0) is 15.1 Å². The lowest BCUT2D eigenvalue weighted by molar-refractivity contribution is -0.135. The fourth-order valence-corrected chi connectivity index (χ4v) is 1.59. The Morgan fingerprint density at radius 3 is 2.12 bits per heavy atom. The van der Waals surface area contributed by atoms with E-state index < -0.39 is 11.4 Å². The Morgan fingerprint density at radius 1 is 1.31 bits per heavy atom. The van der Waals surface area contributed by atoms with Crippen LogP contribution in [0.2, 0.25) is 0 Å². The molecule has 16 heavy (non-hydrogen) atoms. The molecule has 86 valence electrons. The minimum absolute atomic E-state index is 0.509. The summed E-state index contributed by atoms with van der Waals surface area (Å²) in [6.07, 6.45) is 0.543. The van der Waals surface area contributed by atoms with Crippen molar-refractivity contribution in [1.82, 2.24) is 4.90 Å². The van der Waals surface area contributed by atoms with Crippen LogP contribution >= 0.6 is 0 Å². The number of nitrogen functional groups attached to an aromatic ring is 1. The topological polar surface area (TPSA) is 89.4 Å². The van der Waals surface area contributed by atoms with Crippen molar-refractivity contribution in [3.05, 3.63) is 29.8 Å². The average molecular weight is 221 g/mol. The molecule has 4 N–H and O–H groups in total. The largest absolute Gasteiger partial charge is 0.399 e. The lowest BCUT2D eigenvalue weighted by atomic mass is 9.89. The lowest BCUT2D eigenvalue weighted by Gasteiger charge is -2.31. The van der Waals surface area contributed by atoms with Gasteiger partial charge in [-0.05, 0) is 31.8 Å². The number of benzene rings is 1. The van der Waals surface area contributed by atoms with Crippen LogP contribution in [0.5, 0.6) is 0 Å². The second-order valence-electron chi connectivity index (χ2n) is 3.76. The summed E-state index contributed by atoms with van der Waals surface area (Å²) in [5, 5.41) is 0. The highest BCUT2D eigenvalue weighted by Crippen LogP contribution is 2.24. The molecule has 1 rings (SSSR count). The predicted octanol–water partition coefficient (Wildman–Crippen LogP) is -0.290. The van der Waals surface area contributed by atoms with Crippen molar-refractivity contribution in [3.63, 3.8) is 0 Å². The Bertz CT molecular complexity index is 400. The van der Waals surface area contributed by atoms with Gasteiger partial charge in [0.25, 0.3) is 0 Å². The fraction of sp³-hybridized carbons (Fsp3) is 0.273. The minimum atomic E-state index is -1.44. The van der Waals surface area contributed by atoms with Crippen molar-refractivity contribution in [2.45, 2.75) is 5.54 Å². The van der Waals surface area contributed by atoms with Crippen LogP contribution in [0.15, 0.2) is 24.3 Å². The average Bonchev–Trinajstić information content (AvgIpc) is 2.21. The zero-order valence-corrected chi connectivity index (χ0v) is 9.31. The third kappa shape index (κ3) is 1.77. The molecular weight excluding hydrogens is 206 g/mol. The summed E-state index contributed by atoms with van der Waals surface area (Å²) in [7, 11) is 3.24. The van der Waals surface area contributed by atoms with Crippen molar-refractivity contribution in [2.75, 3.05) is 19.8 Å². The number of amides is 1. The first kappa shape index (κ1) is 12.2. The molecule has 0 unspecified atom stereocenters. The van der Waals surface area contributed by atoms with Crippen molar-refractivity contribution in [2.24, 2.45) is 5.73 Å². The number of nitrogens with zero attached hydrogens (tertiary/aromatic N) is 1. The SMILES string of the molecule is CN(C)[C@@](C=O)(C(N)=O)c1ccc(N)cc1. The monoisotopic (exact) mass is 221 g/mol. The third-order valence-electron chi connectivity index (χ3n) is 2.60. The van der Waals surface area contributed by atoms with Crippen LogP contribution in [0.25, 0.3) is 0 Å². The van der Waals surface area contributed by atoms with E-state index in [1.807, 2.05) is 0 Å². The number of carbonyl (C=O) groups is 2. The van der Waals surface area contributed by atoms with Crippen molar-refractivity contribution < 1.29 is 9.59 Å². The summed E-state index contributed by atoms with van der Waals surface area (Å²) in [6, 6.07) is 6.49. The molecule has 0 bridgehead atoms. The molecule has 0 aromatic heterocycles.